The second-order valence-electron chi connectivity index (χ2n) is 6.80. The van der Waals surface area contributed by atoms with Crippen LogP contribution in [0.5, 0.6) is 5.75 Å². The molecule has 3 rings (SSSR count). The van der Waals surface area contributed by atoms with Gasteiger partial charge in [0.2, 0.25) is 0 Å². The predicted molar refractivity (Wildman–Crippen MR) is 87.8 cm³/mol. The molecule has 0 saturated carbocycles. The first-order valence-corrected chi connectivity index (χ1v) is 8.59. The third kappa shape index (κ3) is 4.56. The first kappa shape index (κ1) is 19.6. The molecule has 7 nitrogen and oxygen atoms in total. The number of hydrogen-bond acceptors (Lipinski definition) is 6. The number of aromatic carboxylic acids is 1. The van der Waals surface area contributed by atoms with E-state index in [1.807, 2.05) is 4.90 Å². The van der Waals surface area contributed by atoms with E-state index in [0.717, 1.165) is 6.42 Å². The number of carbonyl (C=O) groups is 1. The molecule has 1 aromatic rings. The third-order valence-corrected chi connectivity index (χ3v) is 4.80. The maximum atomic E-state index is 13.0. The van der Waals surface area contributed by atoms with Gasteiger partial charge in [0.15, 0.2) is 0 Å². The molecular weight excluding hydrogens is 367 g/mol. The molecule has 2 atom stereocenters. The minimum atomic E-state index is -4.48. The zero-order chi connectivity index (χ0) is 19.7. The van der Waals surface area contributed by atoms with Crippen molar-refractivity contribution in [2.45, 2.75) is 43.2 Å². The molecule has 0 bridgehead atoms. The molecule has 0 amide bonds. The van der Waals surface area contributed by atoms with Crippen LogP contribution in [-0.2, 0) is 0 Å². The molecule has 1 fully saturated rings. The molecule has 2 aliphatic rings. The molecule has 1 saturated heterocycles. The first-order valence-electron chi connectivity index (χ1n) is 8.59. The van der Waals surface area contributed by atoms with Gasteiger partial charge < -0.3 is 14.9 Å². The molecule has 0 spiro atoms. The van der Waals surface area contributed by atoms with Crippen LogP contribution in [0.4, 0.5) is 13.2 Å². The Hall–Kier alpha value is -2.20. The smallest absolute Gasteiger partial charge is 0.437 e. The highest BCUT2D eigenvalue weighted by molar-refractivity contribution is 5.87. The largest absolute Gasteiger partial charge is 0.491 e. The van der Waals surface area contributed by atoms with E-state index in [9.17, 15) is 23.1 Å². The van der Waals surface area contributed by atoms with Gasteiger partial charge >= 0.3 is 12.1 Å². The number of alkyl halides is 3. The summed E-state index contributed by atoms with van der Waals surface area (Å²) in [5.41, 5.74) is -2.15. The number of benzene rings is 1. The summed E-state index contributed by atoms with van der Waals surface area (Å²) in [6, 6.07) is 5.40. The van der Waals surface area contributed by atoms with Crippen LogP contribution in [-0.4, -0.2) is 64.8 Å². The number of rotatable bonds is 8. The monoisotopic (exact) mass is 387 g/mol. The highest BCUT2D eigenvalue weighted by atomic mass is 19.4. The van der Waals surface area contributed by atoms with Crippen molar-refractivity contribution < 1.29 is 32.9 Å². The number of halogens is 3. The maximum Gasteiger partial charge on any atom is 0.437 e. The standard InChI is InChI=1S/C17H20F3N3O4/c18-17(19,20)16(21-22-16)8-12-2-1-7-23(12)9-13(24)10-27-14-5-3-11(4-6-14)15(25)26/h3-6,12-13,24H,1-2,7-10H2,(H,25,26). The van der Waals surface area contributed by atoms with Gasteiger partial charge in [0.1, 0.15) is 18.5 Å². The predicted octanol–water partition coefficient (Wildman–Crippen LogP) is 2.70. The van der Waals surface area contributed by atoms with Crippen LogP contribution in [0, 0.1) is 0 Å². The van der Waals surface area contributed by atoms with Gasteiger partial charge in [-0.15, -0.1) is 10.2 Å². The third-order valence-electron chi connectivity index (χ3n) is 4.80. The second kappa shape index (κ2) is 7.43. The van der Waals surface area contributed by atoms with Crippen molar-refractivity contribution in [1.82, 2.24) is 4.90 Å². The number of aliphatic hydroxyl groups is 1. The Morgan fingerprint density at radius 3 is 2.56 bits per heavy atom. The topological polar surface area (TPSA) is 94.7 Å². The van der Waals surface area contributed by atoms with Crippen molar-refractivity contribution in [3.63, 3.8) is 0 Å². The minimum absolute atomic E-state index is 0.0468. The number of ether oxygens (including phenoxy) is 1. The fourth-order valence-electron chi connectivity index (χ4n) is 3.28. The van der Waals surface area contributed by atoms with Crippen LogP contribution in [0.25, 0.3) is 0 Å². The van der Waals surface area contributed by atoms with Gasteiger partial charge in [-0.3, -0.25) is 4.90 Å². The number of hydrogen-bond donors (Lipinski definition) is 2. The lowest BCUT2D eigenvalue weighted by Crippen LogP contribution is -2.44. The van der Waals surface area contributed by atoms with Crippen molar-refractivity contribution >= 4 is 5.97 Å². The van der Waals surface area contributed by atoms with Crippen molar-refractivity contribution in [1.29, 1.82) is 0 Å². The Morgan fingerprint density at radius 2 is 2.00 bits per heavy atom. The highest BCUT2D eigenvalue weighted by Gasteiger charge is 2.64. The molecule has 10 heteroatoms. The van der Waals surface area contributed by atoms with Crippen LogP contribution in [0.1, 0.15) is 29.6 Å². The molecular formula is C17H20F3N3O4. The van der Waals surface area contributed by atoms with Crippen molar-refractivity contribution in [3.05, 3.63) is 29.8 Å². The molecule has 2 unspecified atom stereocenters. The molecule has 0 aromatic heterocycles. The molecule has 148 valence electrons. The minimum Gasteiger partial charge on any atom is -0.491 e. The van der Waals surface area contributed by atoms with E-state index < -0.39 is 23.9 Å². The summed E-state index contributed by atoms with van der Waals surface area (Å²) >= 11 is 0. The molecule has 2 aliphatic heterocycles. The van der Waals surface area contributed by atoms with E-state index in [4.69, 9.17) is 9.84 Å². The van der Waals surface area contributed by atoms with Gasteiger partial charge in [-0.05, 0) is 43.7 Å². The summed E-state index contributed by atoms with van der Waals surface area (Å²) in [7, 11) is 0. The Labute approximate surface area is 153 Å². The molecule has 0 aliphatic carbocycles. The van der Waals surface area contributed by atoms with E-state index in [0.29, 0.717) is 18.7 Å². The summed E-state index contributed by atoms with van der Waals surface area (Å²) in [4.78, 5) is 12.6. The first-order chi connectivity index (χ1) is 12.7. The Bertz CT molecular complexity index is 702. The fourth-order valence-corrected chi connectivity index (χ4v) is 3.28. The van der Waals surface area contributed by atoms with Crippen molar-refractivity contribution in [2.24, 2.45) is 10.2 Å². The van der Waals surface area contributed by atoms with Crippen molar-refractivity contribution in [3.8, 4) is 5.75 Å². The number of likely N-dealkylation sites (tertiary alicyclic amines) is 1. The number of carboxylic acid groups (broad SMARTS) is 1. The molecule has 27 heavy (non-hydrogen) atoms. The van der Waals surface area contributed by atoms with E-state index >= 15 is 0 Å². The molecule has 2 heterocycles. The zero-order valence-corrected chi connectivity index (χ0v) is 14.4. The van der Waals surface area contributed by atoms with E-state index in [1.165, 1.54) is 24.3 Å². The summed E-state index contributed by atoms with van der Waals surface area (Å²) in [6.07, 6.45) is -4.23. The normalized spacial score (nSPS) is 22.6. The van der Waals surface area contributed by atoms with Crippen molar-refractivity contribution in [2.75, 3.05) is 19.7 Å². The van der Waals surface area contributed by atoms with Gasteiger partial charge in [0, 0.05) is 19.0 Å². The lowest BCUT2D eigenvalue weighted by Gasteiger charge is -2.28. The summed E-state index contributed by atoms with van der Waals surface area (Å²) in [6.45, 7) is 0.740. The zero-order valence-electron chi connectivity index (χ0n) is 14.4. The van der Waals surface area contributed by atoms with Crippen LogP contribution >= 0.6 is 0 Å². The lowest BCUT2D eigenvalue weighted by atomic mass is 10.0. The number of aliphatic hydroxyl groups excluding tert-OH is 1. The molecule has 2 N–H and O–H groups in total. The highest BCUT2D eigenvalue weighted by Crippen LogP contribution is 2.48. The Balaban J connectivity index is 1.48. The van der Waals surface area contributed by atoms with Gasteiger partial charge in [-0.25, -0.2) is 4.79 Å². The number of β-amino-alcohol motifs (C(OH)–C–C–N with tert-alkyl or cyclic N) is 1. The number of nitrogens with zero attached hydrogens (tertiary/aromatic N) is 3. The quantitative estimate of drug-likeness (QED) is 0.715. The van der Waals surface area contributed by atoms with Gasteiger partial charge in [0.05, 0.1) is 5.56 Å². The van der Waals surface area contributed by atoms with E-state index in [1.54, 1.807) is 0 Å². The summed E-state index contributed by atoms with van der Waals surface area (Å²) in [5.74, 6) is -0.643. The Morgan fingerprint density at radius 1 is 1.33 bits per heavy atom. The number of carboxylic acids is 1. The SMILES string of the molecule is O=C(O)c1ccc(OCC(O)CN2CCCC2CC2(C(F)(F)F)N=N2)cc1. The summed E-state index contributed by atoms with van der Waals surface area (Å²) < 4.78 is 44.5. The van der Waals surface area contributed by atoms with E-state index in [-0.39, 0.29) is 31.2 Å². The fraction of sp³-hybridized carbons (Fsp3) is 0.588. The van der Waals surface area contributed by atoms with Gasteiger partial charge in [-0.1, -0.05) is 0 Å². The average molecular weight is 387 g/mol. The Kier molecular flexibility index (Phi) is 5.38. The molecule has 1 aromatic carbocycles. The second-order valence-corrected chi connectivity index (χ2v) is 6.80. The van der Waals surface area contributed by atoms with E-state index in [2.05, 4.69) is 10.2 Å². The molecule has 0 radical (unpaired) electrons. The summed E-state index contributed by atoms with van der Waals surface area (Å²) in [5, 5.41) is 25.5. The average Bonchev–Trinajstić information content (AvgIpc) is 3.28. The lowest BCUT2D eigenvalue weighted by molar-refractivity contribution is -0.168. The van der Waals surface area contributed by atoms with Crippen LogP contribution in [0.2, 0.25) is 0 Å². The van der Waals surface area contributed by atoms with Gasteiger partial charge in [0.25, 0.3) is 5.66 Å². The van der Waals surface area contributed by atoms with Crippen LogP contribution in [0.15, 0.2) is 34.5 Å². The maximum absolute atomic E-state index is 13.0. The van der Waals surface area contributed by atoms with Crippen LogP contribution < -0.4 is 4.74 Å². The van der Waals surface area contributed by atoms with Crippen LogP contribution in [0.3, 0.4) is 0 Å². The van der Waals surface area contributed by atoms with Gasteiger partial charge in [-0.2, -0.15) is 13.2 Å².